The van der Waals surface area contributed by atoms with Gasteiger partial charge in [-0.1, -0.05) is 15.9 Å². The van der Waals surface area contributed by atoms with E-state index >= 15 is 0 Å². The van der Waals surface area contributed by atoms with Gasteiger partial charge in [0, 0.05) is 12.4 Å². The molecular weight excluding hydrogens is 320 g/mol. The van der Waals surface area contributed by atoms with Gasteiger partial charge in [0.05, 0.1) is 0 Å². The summed E-state index contributed by atoms with van der Waals surface area (Å²) in [5, 5.41) is 0. The average Bonchev–Trinajstić information content (AvgIpc) is 2.38. The SMILES string of the molecule is Cc1cc(Oc2ncccn2)cc(C)c1C(C)(Br)C=O. The molecule has 1 aromatic heterocycles. The monoisotopic (exact) mass is 334 g/mol. The van der Waals surface area contributed by atoms with Crippen LogP contribution in [0.25, 0.3) is 0 Å². The van der Waals surface area contributed by atoms with Gasteiger partial charge in [-0.25, -0.2) is 9.97 Å². The Balaban J connectivity index is 2.38. The van der Waals surface area contributed by atoms with Gasteiger partial charge in [-0.15, -0.1) is 0 Å². The van der Waals surface area contributed by atoms with Crippen molar-refractivity contribution in [2.24, 2.45) is 0 Å². The molecule has 1 aromatic carbocycles. The van der Waals surface area contributed by atoms with Gasteiger partial charge in [0.2, 0.25) is 0 Å². The van der Waals surface area contributed by atoms with Crippen molar-refractivity contribution < 1.29 is 9.53 Å². The van der Waals surface area contributed by atoms with Crippen LogP contribution in [0, 0.1) is 13.8 Å². The van der Waals surface area contributed by atoms with Crippen molar-refractivity contribution in [3.8, 4) is 11.8 Å². The number of alkyl halides is 1. The summed E-state index contributed by atoms with van der Waals surface area (Å²) < 4.78 is 4.92. The Kier molecular flexibility index (Phi) is 4.18. The molecule has 0 N–H and O–H groups in total. The highest BCUT2D eigenvalue weighted by Crippen LogP contribution is 2.36. The van der Waals surface area contributed by atoms with Gasteiger partial charge < -0.3 is 9.53 Å². The summed E-state index contributed by atoms with van der Waals surface area (Å²) in [5.41, 5.74) is 2.90. The van der Waals surface area contributed by atoms with E-state index in [2.05, 4.69) is 25.9 Å². The lowest BCUT2D eigenvalue weighted by Gasteiger charge is -2.21. The minimum atomic E-state index is -0.692. The molecule has 0 radical (unpaired) electrons. The van der Waals surface area contributed by atoms with Gasteiger partial charge in [0.25, 0.3) is 0 Å². The molecule has 0 aliphatic carbocycles. The number of halogens is 1. The molecule has 2 aromatic rings. The van der Waals surface area contributed by atoms with Gasteiger partial charge in [-0.3, -0.25) is 0 Å². The largest absolute Gasteiger partial charge is 0.424 e. The summed E-state index contributed by atoms with van der Waals surface area (Å²) in [6.45, 7) is 5.73. The summed E-state index contributed by atoms with van der Waals surface area (Å²) in [4.78, 5) is 19.3. The number of aldehydes is 1. The lowest BCUT2D eigenvalue weighted by atomic mass is 9.92. The molecule has 0 aliphatic heterocycles. The second-order valence-electron chi connectivity index (χ2n) is 4.76. The number of aryl methyl sites for hydroxylation is 2. The van der Waals surface area contributed by atoms with Crippen LogP contribution >= 0.6 is 15.9 Å². The fourth-order valence-electron chi connectivity index (χ4n) is 2.26. The van der Waals surface area contributed by atoms with Crippen LogP contribution in [0.15, 0.2) is 30.6 Å². The summed E-state index contributed by atoms with van der Waals surface area (Å²) in [6, 6.07) is 5.78. The fraction of sp³-hybridized carbons (Fsp3) is 0.267. The molecule has 20 heavy (non-hydrogen) atoms. The Bertz CT molecular complexity index is 604. The number of hydrogen-bond donors (Lipinski definition) is 0. The van der Waals surface area contributed by atoms with Crippen molar-refractivity contribution in [1.82, 2.24) is 9.97 Å². The topological polar surface area (TPSA) is 52.1 Å². The van der Waals surface area contributed by atoms with E-state index in [9.17, 15) is 4.79 Å². The fourth-order valence-corrected chi connectivity index (χ4v) is 2.88. The van der Waals surface area contributed by atoms with Crippen LogP contribution in [0.3, 0.4) is 0 Å². The van der Waals surface area contributed by atoms with Crippen molar-refractivity contribution in [1.29, 1.82) is 0 Å². The lowest BCUT2D eigenvalue weighted by Crippen LogP contribution is -2.18. The molecule has 1 heterocycles. The molecule has 2 rings (SSSR count). The molecule has 0 bridgehead atoms. The lowest BCUT2D eigenvalue weighted by molar-refractivity contribution is -0.109. The normalized spacial score (nSPS) is 13.6. The van der Waals surface area contributed by atoms with E-state index in [1.54, 1.807) is 18.5 Å². The number of rotatable bonds is 4. The average molecular weight is 335 g/mol. The van der Waals surface area contributed by atoms with Crippen molar-refractivity contribution in [3.05, 3.63) is 47.3 Å². The Labute approximate surface area is 126 Å². The van der Waals surface area contributed by atoms with Gasteiger partial charge in [-0.05, 0) is 55.7 Å². The Morgan fingerprint density at radius 1 is 1.20 bits per heavy atom. The molecule has 4 nitrogen and oxygen atoms in total. The van der Waals surface area contributed by atoms with Crippen LogP contribution in [0.5, 0.6) is 11.8 Å². The van der Waals surface area contributed by atoms with E-state index in [0.717, 1.165) is 23.0 Å². The zero-order valence-corrected chi connectivity index (χ0v) is 13.1. The summed E-state index contributed by atoms with van der Waals surface area (Å²) >= 11 is 3.45. The Hall–Kier alpha value is -1.75. The van der Waals surface area contributed by atoms with Crippen LogP contribution < -0.4 is 4.74 Å². The number of ether oxygens (including phenoxy) is 1. The minimum absolute atomic E-state index is 0.302. The van der Waals surface area contributed by atoms with E-state index in [-0.39, 0.29) is 0 Å². The van der Waals surface area contributed by atoms with E-state index < -0.39 is 4.32 Å². The number of benzene rings is 1. The molecule has 1 unspecified atom stereocenters. The molecule has 0 saturated heterocycles. The van der Waals surface area contributed by atoms with Gasteiger partial charge in [0.15, 0.2) is 0 Å². The standard InChI is InChI=1S/C15H15BrN2O2/c1-10-7-12(20-14-17-5-4-6-18-14)8-11(2)13(10)15(3,16)9-19/h4-9H,1-3H3. The van der Waals surface area contributed by atoms with Crippen LogP contribution in [0.4, 0.5) is 0 Å². The first-order chi connectivity index (χ1) is 9.44. The first-order valence-corrected chi connectivity index (χ1v) is 6.95. The number of carbonyl (C=O) groups is 1. The van der Waals surface area contributed by atoms with E-state index in [4.69, 9.17) is 4.74 Å². The van der Waals surface area contributed by atoms with Crippen LogP contribution in [0.2, 0.25) is 0 Å². The van der Waals surface area contributed by atoms with Crippen molar-refractivity contribution in [2.75, 3.05) is 0 Å². The first kappa shape index (κ1) is 14.7. The molecule has 0 spiro atoms. The molecule has 5 heteroatoms. The molecule has 0 fully saturated rings. The number of carbonyl (C=O) groups excluding carboxylic acids is 1. The number of hydrogen-bond acceptors (Lipinski definition) is 4. The third-order valence-electron chi connectivity index (χ3n) is 2.97. The predicted molar refractivity (Wildman–Crippen MR) is 80.4 cm³/mol. The first-order valence-electron chi connectivity index (χ1n) is 6.16. The highest BCUT2D eigenvalue weighted by atomic mass is 79.9. The summed E-state index contributed by atoms with van der Waals surface area (Å²) in [7, 11) is 0. The van der Waals surface area contributed by atoms with Crippen LogP contribution in [0.1, 0.15) is 23.6 Å². The molecule has 0 amide bonds. The van der Waals surface area contributed by atoms with Crippen LogP contribution in [-0.2, 0) is 9.12 Å². The summed E-state index contributed by atoms with van der Waals surface area (Å²) in [5.74, 6) is 0.657. The van der Waals surface area contributed by atoms with E-state index in [1.165, 1.54) is 0 Å². The predicted octanol–water partition coefficient (Wildman–Crippen LogP) is 3.69. The maximum atomic E-state index is 11.2. The number of nitrogens with zero attached hydrogens (tertiary/aromatic N) is 2. The third-order valence-corrected chi connectivity index (χ3v) is 3.55. The minimum Gasteiger partial charge on any atom is -0.424 e. The quantitative estimate of drug-likeness (QED) is 0.632. The van der Waals surface area contributed by atoms with Gasteiger partial charge in [0.1, 0.15) is 16.4 Å². The highest BCUT2D eigenvalue weighted by Gasteiger charge is 2.26. The zero-order chi connectivity index (χ0) is 14.8. The third kappa shape index (κ3) is 3.04. The molecular formula is C15H15BrN2O2. The zero-order valence-electron chi connectivity index (χ0n) is 11.6. The molecule has 104 valence electrons. The maximum Gasteiger partial charge on any atom is 0.321 e. The van der Waals surface area contributed by atoms with Crippen molar-refractivity contribution in [2.45, 2.75) is 25.1 Å². The van der Waals surface area contributed by atoms with Crippen molar-refractivity contribution >= 4 is 22.2 Å². The molecule has 0 aliphatic rings. The second-order valence-corrected chi connectivity index (χ2v) is 6.41. The number of aromatic nitrogens is 2. The van der Waals surface area contributed by atoms with E-state index in [0.29, 0.717) is 11.8 Å². The van der Waals surface area contributed by atoms with E-state index in [1.807, 2.05) is 32.9 Å². The Morgan fingerprint density at radius 3 is 2.25 bits per heavy atom. The van der Waals surface area contributed by atoms with Gasteiger partial charge >= 0.3 is 6.01 Å². The second kappa shape index (κ2) is 5.71. The van der Waals surface area contributed by atoms with Crippen molar-refractivity contribution in [3.63, 3.8) is 0 Å². The van der Waals surface area contributed by atoms with Gasteiger partial charge in [-0.2, -0.15) is 0 Å². The summed E-state index contributed by atoms with van der Waals surface area (Å²) in [6.07, 6.45) is 4.14. The molecule has 1 atom stereocenters. The molecule has 0 saturated carbocycles. The Morgan fingerprint density at radius 2 is 1.75 bits per heavy atom. The smallest absolute Gasteiger partial charge is 0.321 e. The maximum absolute atomic E-state index is 11.2. The highest BCUT2D eigenvalue weighted by molar-refractivity contribution is 9.10. The van der Waals surface area contributed by atoms with Crippen LogP contribution in [-0.4, -0.2) is 16.3 Å².